The van der Waals surface area contributed by atoms with E-state index in [0.717, 1.165) is 32.2 Å². The molecule has 1 saturated heterocycles. The Bertz CT molecular complexity index is 302. The van der Waals surface area contributed by atoms with Gasteiger partial charge in [0.1, 0.15) is 0 Å². The summed E-state index contributed by atoms with van der Waals surface area (Å²) in [6, 6.07) is 0.389. The molecule has 2 rings (SSSR count). The van der Waals surface area contributed by atoms with Crippen molar-refractivity contribution in [2.75, 3.05) is 13.1 Å². The molecule has 5 nitrogen and oxygen atoms in total. The van der Waals surface area contributed by atoms with Gasteiger partial charge in [-0.15, -0.1) is 0 Å². The zero-order chi connectivity index (χ0) is 12.3. The van der Waals surface area contributed by atoms with Crippen LogP contribution in [-0.2, 0) is 4.79 Å². The molecular weight excluding hydrogens is 218 g/mol. The molecule has 96 valence electrons. The first-order valence-electron chi connectivity index (χ1n) is 6.49. The number of carbonyl (C=O) groups excluding carboxylic acids is 2. The van der Waals surface area contributed by atoms with Gasteiger partial charge in [0.2, 0.25) is 5.91 Å². The lowest BCUT2D eigenvalue weighted by atomic mass is 10.0. The molecule has 0 spiro atoms. The number of rotatable bonds is 3. The summed E-state index contributed by atoms with van der Waals surface area (Å²) in [5, 5.41) is 5.13. The Hall–Kier alpha value is -1.10. The molecule has 0 bridgehead atoms. The molecule has 3 amide bonds. The van der Waals surface area contributed by atoms with Crippen LogP contribution in [0.1, 0.15) is 39.0 Å². The smallest absolute Gasteiger partial charge is 0.321 e. The quantitative estimate of drug-likeness (QED) is 0.767. The molecule has 2 aliphatic rings. The number of urea groups is 1. The maximum Gasteiger partial charge on any atom is 0.321 e. The number of imide groups is 1. The fourth-order valence-electron chi connectivity index (χ4n) is 2.19. The third kappa shape index (κ3) is 4.00. The molecule has 1 saturated carbocycles. The van der Waals surface area contributed by atoms with Crippen molar-refractivity contribution in [3.8, 4) is 0 Å². The lowest BCUT2D eigenvalue weighted by Gasteiger charge is -2.32. The van der Waals surface area contributed by atoms with Crippen LogP contribution < -0.4 is 10.6 Å². The highest BCUT2D eigenvalue weighted by atomic mass is 16.2. The Balaban J connectivity index is 1.69. The van der Waals surface area contributed by atoms with Crippen LogP contribution in [0.5, 0.6) is 0 Å². The zero-order valence-corrected chi connectivity index (χ0v) is 10.4. The number of carbonyl (C=O) groups is 2. The van der Waals surface area contributed by atoms with Gasteiger partial charge in [0, 0.05) is 12.1 Å². The highest BCUT2D eigenvalue weighted by molar-refractivity contribution is 5.95. The van der Waals surface area contributed by atoms with Crippen molar-refractivity contribution in [1.29, 1.82) is 0 Å². The number of nitrogens with zero attached hydrogens (tertiary/aromatic N) is 1. The van der Waals surface area contributed by atoms with Gasteiger partial charge in [-0.25, -0.2) is 4.79 Å². The van der Waals surface area contributed by atoms with Crippen LogP contribution >= 0.6 is 0 Å². The van der Waals surface area contributed by atoms with E-state index in [1.54, 1.807) is 0 Å². The first kappa shape index (κ1) is 12.4. The van der Waals surface area contributed by atoms with Crippen molar-refractivity contribution in [3.05, 3.63) is 0 Å². The molecule has 0 aromatic heterocycles. The van der Waals surface area contributed by atoms with E-state index in [9.17, 15) is 9.59 Å². The van der Waals surface area contributed by atoms with Gasteiger partial charge in [0.05, 0.1) is 6.54 Å². The molecule has 1 aliphatic heterocycles. The summed E-state index contributed by atoms with van der Waals surface area (Å²) in [5.41, 5.74) is 0. The van der Waals surface area contributed by atoms with Gasteiger partial charge in [-0.2, -0.15) is 0 Å². The minimum Gasteiger partial charge on any atom is -0.335 e. The summed E-state index contributed by atoms with van der Waals surface area (Å²) in [6.45, 7) is 3.43. The van der Waals surface area contributed by atoms with Gasteiger partial charge < -0.3 is 5.32 Å². The summed E-state index contributed by atoms with van der Waals surface area (Å²) in [5.74, 6) is -0.197. The fourth-order valence-corrected chi connectivity index (χ4v) is 2.19. The number of piperidine rings is 1. The summed E-state index contributed by atoms with van der Waals surface area (Å²) < 4.78 is 0. The number of amides is 3. The summed E-state index contributed by atoms with van der Waals surface area (Å²) >= 11 is 0. The van der Waals surface area contributed by atoms with E-state index < -0.39 is 0 Å². The maximum atomic E-state index is 11.7. The zero-order valence-electron chi connectivity index (χ0n) is 10.4. The van der Waals surface area contributed by atoms with Crippen molar-refractivity contribution in [2.24, 2.45) is 0 Å². The highest BCUT2D eigenvalue weighted by Gasteiger charge is 2.25. The van der Waals surface area contributed by atoms with Crippen LogP contribution in [0.25, 0.3) is 0 Å². The third-order valence-electron chi connectivity index (χ3n) is 3.45. The largest absolute Gasteiger partial charge is 0.335 e. The molecule has 0 aromatic carbocycles. The van der Waals surface area contributed by atoms with E-state index in [0.29, 0.717) is 12.6 Å². The molecule has 1 aliphatic carbocycles. The molecule has 2 N–H and O–H groups in total. The fraction of sp³-hybridized carbons (Fsp3) is 0.833. The Morgan fingerprint density at radius 2 is 2.00 bits per heavy atom. The van der Waals surface area contributed by atoms with Crippen molar-refractivity contribution in [2.45, 2.75) is 51.1 Å². The third-order valence-corrected chi connectivity index (χ3v) is 3.45. The first-order chi connectivity index (χ1) is 8.15. The average molecular weight is 239 g/mol. The molecule has 1 heterocycles. The van der Waals surface area contributed by atoms with Crippen LogP contribution in [0.2, 0.25) is 0 Å². The number of hydrogen-bond donors (Lipinski definition) is 2. The molecule has 1 atom stereocenters. The van der Waals surface area contributed by atoms with Gasteiger partial charge in [-0.1, -0.05) is 6.42 Å². The van der Waals surface area contributed by atoms with Gasteiger partial charge >= 0.3 is 6.03 Å². The van der Waals surface area contributed by atoms with Gasteiger partial charge in [0.25, 0.3) is 0 Å². The SMILES string of the molecule is CC1CCCCN1CC(=O)NC(=O)NC1CC1. The lowest BCUT2D eigenvalue weighted by Crippen LogP contribution is -2.48. The van der Waals surface area contributed by atoms with Crippen molar-refractivity contribution < 1.29 is 9.59 Å². The van der Waals surface area contributed by atoms with Crippen LogP contribution in [0.15, 0.2) is 0 Å². The van der Waals surface area contributed by atoms with Crippen LogP contribution in [0, 0.1) is 0 Å². The Labute approximate surface area is 102 Å². The second-order valence-corrected chi connectivity index (χ2v) is 5.11. The molecule has 0 aromatic rings. The lowest BCUT2D eigenvalue weighted by molar-refractivity contribution is -0.122. The predicted octanol–water partition coefficient (Wildman–Crippen LogP) is 0.849. The van der Waals surface area contributed by atoms with E-state index >= 15 is 0 Å². The topological polar surface area (TPSA) is 61.4 Å². The first-order valence-corrected chi connectivity index (χ1v) is 6.49. The maximum absolute atomic E-state index is 11.7. The second-order valence-electron chi connectivity index (χ2n) is 5.11. The van der Waals surface area contributed by atoms with Crippen molar-refractivity contribution >= 4 is 11.9 Å². The van der Waals surface area contributed by atoms with Crippen molar-refractivity contribution in [3.63, 3.8) is 0 Å². The van der Waals surface area contributed by atoms with E-state index in [-0.39, 0.29) is 18.0 Å². The van der Waals surface area contributed by atoms with Crippen LogP contribution in [0.4, 0.5) is 4.79 Å². The number of hydrogen-bond acceptors (Lipinski definition) is 3. The predicted molar refractivity (Wildman–Crippen MR) is 64.6 cm³/mol. The summed E-state index contributed by atoms with van der Waals surface area (Å²) in [7, 11) is 0. The highest BCUT2D eigenvalue weighted by Crippen LogP contribution is 2.18. The standard InChI is InChI=1S/C12H21N3O2/c1-9-4-2-3-7-15(9)8-11(16)14-12(17)13-10-5-6-10/h9-10H,2-8H2,1H3,(H2,13,14,16,17). The molecule has 5 heteroatoms. The monoisotopic (exact) mass is 239 g/mol. The van der Waals surface area contributed by atoms with Crippen LogP contribution in [-0.4, -0.2) is 42.0 Å². The van der Waals surface area contributed by atoms with Gasteiger partial charge in [-0.05, 0) is 39.2 Å². The van der Waals surface area contributed by atoms with E-state index in [1.807, 2.05) is 0 Å². The molecular formula is C12H21N3O2. The minimum atomic E-state index is -0.345. The van der Waals surface area contributed by atoms with E-state index in [2.05, 4.69) is 22.5 Å². The van der Waals surface area contributed by atoms with Crippen LogP contribution in [0.3, 0.4) is 0 Å². The normalized spacial score (nSPS) is 25.4. The molecule has 0 radical (unpaired) electrons. The number of nitrogens with one attached hydrogen (secondary N) is 2. The molecule has 17 heavy (non-hydrogen) atoms. The van der Waals surface area contributed by atoms with Gasteiger partial charge in [0.15, 0.2) is 0 Å². The molecule has 1 unspecified atom stereocenters. The number of likely N-dealkylation sites (tertiary alicyclic amines) is 1. The summed E-state index contributed by atoms with van der Waals surface area (Å²) in [6.07, 6.45) is 5.59. The molecule has 2 fully saturated rings. The second kappa shape index (κ2) is 5.49. The van der Waals surface area contributed by atoms with Gasteiger partial charge in [-0.3, -0.25) is 15.0 Å². The minimum absolute atomic E-state index is 0.197. The Morgan fingerprint density at radius 1 is 1.24 bits per heavy atom. The Kier molecular flexibility index (Phi) is 3.99. The van der Waals surface area contributed by atoms with E-state index in [1.165, 1.54) is 6.42 Å². The summed E-state index contributed by atoms with van der Waals surface area (Å²) in [4.78, 5) is 25.2. The van der Waals surface area contributed by atoms with E-state index in [4.69, 9.17) is 0 Å². The van der Waals surface area contributed by atoms with Crippen molar-refractivity contribution in [1.82, 2.24) is 15.5 Å². The Morgan fingerprint density at radius 3 is 2.65 bits per heavy atom. The average Bonchev–Trinajstić information content (AvgIpc) is 3.05.